The van der Waals surface area contributed by atoms with Crippen LogP contribution in [0.15, 0.2) is 54.6 Å². The molecule has 1 aliphatic heterocycles. The third kappa shape index (κ3) is 2.50. The molecule has 0 spiro atoms. The van der Waals surface area contributed by atoms with Crippen LogP contribution < -0.4 is 9.47 Å². The van der Waals surface area contributed by atoms with E-state index in [-0.39, 0.29) is 17.4 Å². The largest absolute Gasteiger partial charge is 0.488 e. The van der Waals surface area contributed by atoms with E-state index in [0.717, 1.165) is 11.6 Å². The van der Waals surface area contributed by atoms with Crippen molar-refractivity contribution < 1.29 is 32.5 Å². The number of alkyl halides is 3. The Morgan fingerprint density at radius 3 is 2.50 bits per heavy atom. The molecule has 0 unspecified atom stereocenters. The van der Waals surface area contributed by atoms with Gasteiger partial charge in [-0.15, -0.1) is 0 Å². The lowest BCUT2D eigenvalue weighted by atomic mass is 10.0. The second-order valence-electron chi connectivity index (χ2n) is 6.93. The van der Waals surface area contributed by atoms with Crippen molar-refractivity contribution in [2.24, 2.45) is 5.92 Å². The fourth-order valence-electron chi connectivity index (χ4n) is 3.93. The van der Waals surface area contributed by atoms with Gasteiger partial charge in [0.2, 0.25) is 0 Å². The molecule has 1 heterocycles. The van der Waals surface area contributed by atoms with Crippen molar-refractivity contribution in [3.05, 3.63) is 65.7 Å². The molecule has 1 N–H and O–H groups in total. The van der Waals surface area contributed by atoms with E-state index >= 15 is 0 Å². The van der Waals surface area contributed by atoms with Gasteiger partial charge in [-0.05, 0) is 23.6 Å². The Hall–Kier alpha value is -3.22. The zero-order chi connectivity index (χ0) is 19.6. The molecule has 0 aromatic heterocycles. The van der Waals surface area contributed by atoms with Crippen LogP contribution in [0.2, 0.25) is 0 Å². The molecule has 0 amide bonds. The number of fused-ring (bicyclic) bond motifs is 4. The van der Waals surface area contributed by atoms with Crippen molar-refractivity contribution in [2.45, 2.75) is 18.2 Å². The van der Waals surface area contributed by atoms with Gasteiger partial charge >= 0.3 is 12.1 Å². The van der Waals surface area contributed by atoms with Gasteiger partial charge in [0, 0.05) is 22.9 Å². The van der Waals surface area contributed by atoms with Crippen LogP contribution in [0.1, 0.15) is 17.0 Å². The number of hydrogen-bond donors (Lipinski definition) is 1. The minimum absolute atomic E-state index is 0.0652. The van der Waals surface area contributed by atoms with Crippen LogP contribution in [-0.4, -0.2) is 17.2 Å². The molecule has 7 heteroatoms. The van der Waals surface area contributed by atoms with Crippen molar-refractivity contribution in [1.29, 1.82) is 0 Å². The standard InChI is InChI=1S/C21H13F3O4/c22-21(23,24)14-7-8-15(12-4-2-1-3-11(12)14)27-10-5-6-13-16(9-10)28-19-17(13)18(19)20(25)26/h1-9,17-19H,(H,25,26)/t17-,18-,19-/m1/s1. The fourth-order valence-corrected chi connectivity index (χ4v) is 3.93. The van der Waals surface area contributed by atoms with E-state index in [9.17, 15) is 18.0 Å². The lowest BCUT2D eigenvalue weighted by molar-refractivity contribution is -0.139. The van der Waals surface area contributed by atoms with Crippen LogP contribution in [0.25, 0.3) is 10.8 Å². The van der Waals surface area contributed by atoms with E-state index in [1.54, 1.807) is 36.4 Å². The zero-order valence-corrected chi connectivity index (χ0v) is 14.2. The summed E-state index contributed by atoms with van der Waals surface area (Å²) in [5, 5.41) is 9.55. The maximum absolute atomic E-state index is 13.3. The molecule has 4 nitrogen and oxygen atoms in total. The number of rotatable bonds is 3. The first kappa shape index (κ1) is 16.9. The molecule has 2 aliphatic rings. The molecule has 1 fully saturated rings. The average molecular weight is 386 g/mol. The zero-order valence-electron chi connectivity index (χ0n) is 14.2. The van der Waals surface area contributed by atoms with Gasteiger partial charge in [0.15, 0.2) is 0 Å². The normalized spacial score (nSPS) is 22.3. The predicted octanol–water partition coefficient (Wildman–Crippen LogP) is 5.21. The molecular weight excluding hydrogens is 373 g/mol. The molecule has 3 aromatic rings. The van der Waals surface area contributed by atoms with Gasteiger partial charge in [-0.3, -0.25) is 4.79 Å². The fraction of sp³-hybridized carbons (Fsp3) is 0.190. The summed E-state index contributed by atoms with van der Waals surface area (Å²) in [6.45, 7) is 0. The number of carboxylic acid groups (broad SMARTS) is 1. The molecule has 3 atom stereocenters. The summed E-state index contributed by atoms with van der Waals surface area (Å²) in [5.41, 5.74) is 0.106. The minimum Gasteiger partial charge on any atom is -0.488 e. The third-order valence-electron chi connectivity index (χ3n) is 5.26. The quantitative estimate of drug-likeness (QED) is 0.671. The molecule has 5 rings (SSSR count). The van der Waals surface area contributed by atoms with E-state index in [1.807, 2.05) is 0 Å². The van der Waals surface area contributed by atoms with Crippen LogP contribution in [0.4, 0.5) is 13.2 Å². The smallest absolute Gasteiger partial charge is 0.417 e. The molecule has 1 aliphatic carbocycles. The number of carboxylic acids is 1. The number of carbonyl (C=O) groups is 1. The van der Waals surface area contributed by atoms with Gasteiger partial charge in [-0.25, -0.2) is 0 Å². The highest BCUT2D eigenvalue weighted by Gasteiger charge is 2.63. The molecule has 1 saturated carbocycles. The van der Waals surface area contributed by atoms with Crippen LogP contribution in [0.5, 0.6) is 17.2 Å². The van der Waals surface area contributed by atoms with Gasteiger partial charge in [0.05, 0.1) is 5.56 Å². The second kappa shape index (κ2) is 5.64. The maximum atomic E-state index is 13.3. The van der Waals surface area contributed by atoms with Gasteiger partial charge in [-0.1, -0.05) is 30.3 Å². The molecular formula is C21H13F3O4. The van der Waals surface area contributed by atoms with Crippen LogP contribution in [0.3, 0.4) is 0 Å². The Morgan fingerprint density at radius 2 is 1.79 bits per heavy atom. The predicted molar refractivity (Wildman–Crippen MR) is 93.7 cm³/mol. The number of hydrogen-bond acceptors (Lipinski definition) is 3. The SMILES string of the molecule is O=C(O)[C@H]1[C@@H]2Oc3cc(Oc4ccc(C(F)(F)F)c5ccccc45)ccc3[C@@H]21. The summed E-state index contributed by atoms with van der Waals surface area (Å²) >= 11 is 0. The number of benzene rings is 3. The Balaban J connectivity index is 1.48. The first-order chi connectivity index (χ1) is 13.3. The Kier molecular flexibility index (Phi) is 3.41. The Bertz CT molecular complexity index is 1120. The van der Waals surface area contributed by atoms with Crippen molar-refractivity contribution in [3.63, 3.8) is 0 Å². The van der Waals surface area contributed by atoms with E-state index in [2.05, 4.69) is 0 Å². The molecule has 0 saturated heterocycles. The van der Waals surface area contributed by atoms with E-state index in [0.29, 0.717) is 22.6 Å². The van der Waals surface area contributed by atoms with E-state index < -0.39 is 23.6 Å². The first-order valence-electron chi connectivity index (χ1n) is 8.65. The Labute approximate surface area is 157 Å². The summed E-state index contributed by atoms with van der Waals surface area (Å²) < 4.78 is 51.3. The van der Waals surface area contributed by atoms with Crippen molar-refractivity contribution in [1.82, 2.24) is 0 Å². The molecule has 0 radical (unpaired) electrons. The summed E-state index contributed by atoms with van der Waals surface area (Å²) in [4.78, 5) is 11.1. The van der Waals surface area contributed by atoms with Crippen LogP contribution in [0, 0.1) is 5.92 Å². The van der Waals surface area contributed by atoms with Crippen LogP contribution >= 0.6 is 0 Å². The highest BCUT2D eigenvalue weighted by atomic mass is 19.4. The molecule has 0 bridgehead atoms. The third-order valence-corrected chi connectivity index (χ3v) is 5.26. The van der Waals surface area contributed by atoms with E-state index in [4.69, 9.17) is 14.6 Å². The maximum Gasteiger partial charge on any atom is 0.417 e. The molecule has 3 aromatic carbocycles. The summed E-state index contributed by atoms with van der Waals surface area (Å²) in [5.74, 6) is -0.267. The number of aliphatic carboxylic acids is 1. The van der Waals surface area contributed by atoms with Crippen molar-refractivity contribution in [3.8, 4) is 17.2 Å². The van der Waals surface area contributed by atoms with Crippen molar-refractivity contribution >= 4 is 16.7 Å². The minimum atomic E-state index is -4.46. The topological polar surface area (TPSA) is 55.8 Å². The second-order valence-corrected chi connectivity index (χ2v) is 6.93. The average Bonchev–Trinajstić information content (AvgIpc) is 3.24. The first-order valence-corrected chi connectivity index (χ1v) is 8.65. The summed E-state index contributed by atoms with van der Waals surface area (Å²) in [6, 6.07) is 13.6. The van der Waals surface area contributed by atoms with Gasteiger partial charge in [0.25, 0.3) is 0 Å². The lowest BCUT2D eigenvalue weighted by Gasteiger charge is -2.15. The lowest BCUT2D eigenvalue weighted by Crippen LogP contribution is -2.08. The van der Waals surface area contributed by atoms with Gasteiger partial charge < -0.3 is 14.6 Å². The molecule has 142 valence electrons. The van der Waals surface area contributed by atoms with Crippen molar-refractivity contribution in [2.75, 3.05) is 0 Å². The highest BCUT2D eigenvalue weighted by Crippen LogP contribution is 2.59. The summed E-state index contributed by atoms with van der Waals surface area (Å²) in [7, 11) is 0. The number of ether oxygens (including phenoxy) is 2. The van der Waals surface area contributed by atoms with E-state index in [1.165, 1.54) is 12.1 Å². The van der Waals surface area contributed by atoms with Gasteiger partial charge in [-0.2, -0.15) is 13.2 Å². The Morgan fingerprint density at radius 1 is 1.04 bits per heavy atom. The highest BCUT2D eigenvalue weighted by molar-refractivity contribution is 5.91. The number of halogens is 3. The molecule has 28 heavy (non-hydrogen) atoms. The van der Waals surface area contributed by atoms with Crippen LogP contribution in [-0.2, 0) is 11.0 Å². The van der Waals surface area contributed by atoms with Gasteiger partial charge in [0.1, 0.15) is 29.3 Å². The monoisotopic (exact) mass is 386 g/mol. The summed E-state index contributed by atoms with van der Waals surface area (Å²) in [6.07, 6.45) is -4.81.